The van der Waals surface area contributed by atoms with Gasteiger partial charge in [-0.05, 0) is 79.9 Å². The van der Waals surface area contributed by atoms with Crippen LogP contribution in [0.25, 0.3) is 11.3 Å². The zero-order chi connectivity index (χ0) is 24.1. The van der Waals surface area contributed by atoms with Gasteiger partial charge in [-0.3, -0.25) is 0 Å². The Hall–Kier alpha value is -4.46. The van der Waals surface area contributed by atoms with Gasteiger partial charge in [0.25, 0.3) is 0 Å². The molecule has 0 spiro atoms. The number of aryl methyl sites for hydroxylation is 2. The van der Waals surface area contributed by atoms with Crippen LogP contribution in [-0.4, -0.2) is 28.0 Å². The smallest absolute Gasteiger partial charge is 0.323 e. The second-order valence-electron chi connectivity index (χ2n) is 7.78. The lowest BCUT2D eigenvalue weighted by Crippen LogP contribution is -2.20. The molecule has 0 aliphatic heterocycles. The normalized spacial score (nSPS) is 10.5. The summed E-state index contributed by atoms with van der Waals surface area (Å²) >= 11 is 0. The second kappa shape index (κ2) is 9.99. The number of aromatic nitrogens is 3. The quantitative estimate of drug-likeness (QED) is 0.333. The molecule has 2 amide bonds. The molecule has 4 rings (SSSR count). The highest BCUT2D eigenvalue weighted by Gasteiger charge is 2.13. The third-order valence-electron chi connectivity index (χ3n) is 5.42. The largest absolute Gasteiger partial charge is 0.438 e. The average molecular weight is 455 g/mol. The zero-order valence-electron chi connectivity index (χ0n) is 19.5. The molecule has 0 radical (unpaired) electrons. The van der Waals surface area contributed by atoms with E-state index >= 15 is 0 Å². The second-order valence-corrected chi connectivity index (χ2v) is 7.78. The van der Waals surface area contributed by atoms with Crippen LogP contribution in [0.4, 0.5) is 22.1 Å². The van der Waals surface area contributed by atoms with Crippen molar-refractivity contribution in [3.05, 3.63) is 83.7 Å². The van der Waals surface area contributed by atoms with Crippen LogP contribution in [0, 0.1) is 20.8 Å². The van der Waals surface area contributed by atoms with Gasteiger partial charge >= 0.3 is 6.03 Å². The van der Waals surface area contributed by atoms with Crippen LogP contribution >= 0.6 is 0 Å². The van der Waals surface area contributed by atoms with Gasteiger partial charge < -0.3 is 20.7 Å². The molecule has 0 fully saturated rings. The summed E-state index contributed by atoms with van der Waals surface area (Å²) in [6, 6.07) is 16.5. The molecule has 0 atom stereocenters. The Morgan fingerprint density at radius 2 is 1.74 bits per heavy atom. The number of amides is 2. The first-order valence-electron chi connectivity index (χ1n) is 10.8. The van der Waals surface area contributed by atoms with Gasteiger partial charge in [0, 0.05) is 30.8 Å². The van der Waals surface area contributed by atoms with Crippen LogP contribution < -0.4 is 20.7 Å². The summed E-state index contributed by atoms with van der Waals surface area (Å²) in [4.78, 5) is 25.5. The van der Waals surface area contributed by atoms with Crippen molar-refractivity contribution in [3.63, 3.8) is 0 Å². The summed E-state index contributed by atoms with van der Waals surface area (Å²) in [6.45, 7) is 5.90. The number of benzene rings is 2. The Balaban J connectivity index is 1.50. The third-order valence-corrected chi connectivity index (χ3v) is 5.42. The number of hydrogen-bond donors (Lipinski definition) is 3. The topological polar surface area (TPSA) is 101 Å². The van der Waals surface area contributed by atoms with E-state index in [9.17, 15) is 4.79 Å². The SMILES string of the molecule is CNc1nccc(-c2cccnc2Oc2ccc(NC(=O)Nc3cccc(C)c3C)cc2C)n1. The molecule has 8 nitrogen and oxygen atoms in total. The van der Waals surface area contributed by atoms with E-state index in [2.05, 4.69) is 30.9 Å². The highest BCUT2D eigenvalue weighted by Crippen LogP contribution is 2.33. The zero-order valence-corrected chi connectivity index (χ0v) is 19.5. The summed E-state index contributed by atoms with van der Waals surface area (Å²) in [7, 11) is 1.76. The summed E-state index contributed by atoms with van der Waals surface area (Å²) in [5.41, 5.74) is 5.88. The molecule has 2 aromatic carbocycles. The van der Waals surface area contributed by atoms with Gasteiger partial charge in [0.05, 0.1) is 11.3 Å². The molecule has 0 saturated heterocycles. The molecule has 172 valence electrons. The van der Waals surface area contributed by atoms with Crippen LogP contribution in [0.1, 0.15) is 16.7 Å². The van der Waals surface area contributed by atoms with Gasteiger partial charge in [0.1, 0.15) is 5.75 Å². The van der Waals surface area contributed by atoms with Gasteiger partial charge in [-0.25, -0.2) is 19.7 Å². The molecule has 0 aliphatic rings. The van der Waals surface area contributed by atoms with Crippen molar-refractivity contribution in [1.82, 2.24) is 15.0 Å². The molecular formula is C26H26N6O2. The van der Waals surface area contributed by atoms with Crippen molar-refractivity contribution in [2.45, 2.75) is 20.8 Å². The maximum absolute atomic E-state index is 12.5. The van der Waals surface area contributed by atoms with Crippen molar-refractivity contribution >= 4 is 23.4 Å². The number of carbonyl (C=O) groups is 1. The minimum Gasteiger partial charge on any atom is -0.438 e. The predicted molar refractivity (Wildman–Crippen MR) is 135 cm³/mol. The van der Waals surface area contributed by atoms with Crippen LogP contribution in [-0.2, 0) is 0 Å². The monoisotopic (exact) mass is 454 g/mol. The fraction of sp³-hybridized carbons (Fsp3) is 0.154. The van der Waals surface area contributed by atoms with Crippen molar-refractivity contribution in [3.8, 4) is 22.9 Å². The Morgan fingerprint density at radius 3 is 2.53 bits per heavy atom. The summed E-state index contributed by atoms with van der Waals surface area (Å²) < 4.78 is 6.13. The van der Waals surface area contributed by atoms with Crippen LogP contribution in [0.5, 0.6) is 11.6 Å². The van der Waals surface area contributed by atoms with E-state index in [0.717, 1.165) is 27.9 Å². The number of anilines is 3. The first-order valence-corrected chi connectivity index (χ1v) is 10.8. The average Bonchev–Trinajstić information content (AvgIpc) is 2.84. The lowest BCUT2D eigenvalue weighted by molar-refractivity contribution is 0.262. The molecule has 0 saturated carbocycles. The minimum absolute atomic E-state index is 0.308. The molecule has 0 bridgehead atoms. The molecule has 2 aromatic heterocycles. The van der Waals surface area contributed by atoms with Crippen molar-refractivity contribution in [1.29, 1.82) is 0 Å². The van der Waals surface area contributed by atoms with Gasteiger partial charge in [0.2, 0.25) is 11.8 Å². The van der Waals surface area contributed by atoms with E-state index < -0.39 is 0 Å². The predicted octanol–water partition coefficient (Wildman–Crippen LogP) is 5.94. The number of nitrogens with zero attached hydrogens (tertiary/aromatic N) is 3. The number of nitrogens with one attached hydrogen (secondary N) is 3. The number of pyridine rings is 1. The van der Waals surface area contributed by atoms with E-state index in [-0.39, 0.29) is 6.03 Å². The standard InChI is InChI=1S/C26H26N6O2/c1-16-7-5-9-21(18(16)3)32-26(33)30-19-10-11-23(17(2)15-19)34-24-20(8-6-13-28-24)22-12-14-29-25(27-4)31-22/h5-15H,1-4H3,(H,27,29,31)(H2,30,32,33). The molecule has 8 heteroatoms. The highest BCUT2D eigenvalue weighted by molar-refractivity contribution is 6.00. The Kier molecular flexibility index (Phi) is 6.68. The molecule has 2 heterocycles. The van der Waals surface area contributed by atoms with Gasteiger partial charge in [-0.1, -0.05) is 12.1 Å². The number of urea groups is 1. The molecule has 0 aliphatic carbocycles. The fourth-order valence-corrected chi connectivity index (χ4v) is 3.41. The number of carbonyl (C=O) groups excluding carboxylic acids is 1. The van der Waals surface area contributed by atoms with Gasteiger partial charge in [-0.15, -0.1) is 0 Å². The minimum atomic E-state index is -0.308. The van der Waals surface area contributed by atoms with E-state index in [1.165, 1.54) is 0 Å². The lowest BCUT2D eigenvalue weighted by Gasteiger charge is -2.14. The van der Waals surface area contributed by atoms with E-state index in [4.69, 9.17) is 4.74 Å². The molecular weight excluding hydrogens is 428 g/mol. The van der Waals surface area contributed by atoms with Crippen molar-refractivity contribution in [2.75, 3.05) is 23.0 Å². The van der Waals surface area contributed by atoms with Crippen molar-refractivity contribution < 1.29 is 9.53 Å². The molecule has 3 N–H and O–H groups in total. The Bertz CT molecular complexity index is 1340. The van der Waals surface area contributed by atoms with E-state index in [1.807, 2.05) is 57.2 Å². The molecule has 0 unspecified atom stereocenters. The van der Waals surface area contributed by atoms with E-state index in [1.54, 1.807) is 37.6 Å². The Labute approximate surface area is 198 Å². The summed E-state index contributed by atoms with van der Waals surface area (Å²) in [5, 5.41) is 8.71. The lowest BCUT2D eigenvalue weighted by atomic mass is 10.1. The number of ether oxygens (including phenoxy) is 1. The van der Waals surface area contributed by atoms with Crippen LogP contribution in [0.2, 0.25) is 0 Å². The first-order chi connectivity index (χ1) is 16.4. The molecule has 34 heavy (non-hydrogen) atoms. The highest BCUT2D eigenvalue weighted by atomic mass is 16.5. The molecule has 4 aromatic rings. The van der Waals surface area contributed by atoms with Crippen LogP contribution in [0.3, 0.4) is 0 Å². The summed E-state index contributed by atoms with van der Waals surface area (Å²) in [6.07, 6.45) is 3.35. The summed E-state index contributed by atoms with van der Waals surface area (Å²) in [5.74, 6) is 1.57. The first kappa shape index (κ1) is 22.7. The number of rotatable bonds is 6. The van der Waals surface area contributed by atoms with E-state index in [0.29, 0.717) is 29.0 Å². The van der Waals surface area contributed by atoms with Gasteiger partial charge in [0.15, 0.2) is 0 Å². The maximum Gasteiger partial charge on any atom is 0.323 e. The Morgan fingerprint density at radius 1 is 0.882 bits per heavy atom. The van der Waals surface area contributed by atoms with Gasteiger partial charge in [-0.2, -0.15) is 0 Å². The number of hydrogen-bond acceptors (Lipinski definition) is 6. The maximum atomic E-state index is 12.5. The van der Waals surface area contributed by atoms with Crippen LogP contribution in [0.15, 0.2) is 67.0 Å². The van der Waals surface area contributed by atoms with Crippen molar-refractivity contribution in [2.24, 2.45) is 0 Å². The fourth-order valence-electron chi connectivity index (χ4n) is 3.41. The third kappa shape index (κ3) is 5.12.